The van der Waals surface area contributed by atoms with Gasteiger partial charge in [-0.2, -0.15) is 0 Å². The molecule has 1 aromatic heterocycles. The van der Waals surface area contributed by atoms with Crippen LogP contribution in [0.25, 0.3) is 10.6 Å². The van der Waals surface area contributed by atoms with Crippen LogP contribution in [0.2, 0.25) is 0 Å². The molecule has 1 aromatic carbocycles. The van der Waals surface area contributed by atoms with Crippen molar-refractivity contribution < 1.29 is 9.18 Å². The smallest absolute Gasteiger partial charge is 0.263 e. The molecule has 1 atom stereocenters. The van der Waals surface area contributed by atoms with Crippen LogP contribution in [0.4, 0.5) is 4.39 Å². The first-order valence-electron chi connectivity index (χ1n) is 8.34. The number of aryl methyl sites for hydroxylation is 1. The van der Waals surface area contributed by atoms with Crippen molar-refractivity contribution in [1.29, 1.82) is 0 Å². The van der Waals surface area contributed by atoms with Gasteiger partial charge < -0.3 is 5.32 Å². The number of hydrogen-bond donors (Lipinski definition) is 1. The number of nitrogens with one attached hydrogen (secondary N) is 1. The summed E-state index contributed by atoms with van der Waals surface area (Å²) in [5.74, 6) is -0.344. The van der Waals surface area contributed by atoms with E-state index in [0.717, 1.165) is 35.8 Å². The van der Waals surface area contributed by atoms with Crippen LogP contribution in [0.15, 0.2) is 24.3 Å². The predicted octanol–water partition coefficient (Wildman–Crippen LogP) is 3.47. The molecule has 4 nitrogen and oxygen atoms in total. The van der Waals surface area contributed by atoms with E-state index in [1.165, 1.54) is 29.9 Å². The largest absolute Gasteiger partial charge is 0.350 e. The van der Waals surface area contributed by atoms with Crippen LogP contribution in [0.3, 0.4) is 0 Å². The predicted molar refractivity (Wildman–Crippen MR) is 94.8 cm³/mol. The van der Waals surface area contributed by atoms with Crippen LogP contribution in [0.1, 0.15) is 35.1 Å². The van der Waals surface area contributed by atoms with Crippen molar-refractivity contribution in [3.05, 3.63) is 40.7 Å². The van der Waals surface area contributed by atoms with E-state index in [2.05, 4.69) is 22.1 Å². The van der Waals surface area contributed by atoms with Crippen molar-refractivity contribution in [2.45, 2.75) is 32.7 Å². The fraction of sp³-hybridized carbons (Fsp3) is 0.444. The van der Waals surface area contributed by atoms with Gasteiger partial charge in [0.15, 0.2) is 0 Å². The van der Waals surface area contributed by atoms with Crippen LogP contribution >= 0.6 is 11.3 Å². The summed E-state index contributed by atoms with van der Waals surface area (Å²) in [5.41, 5.74) is 1.55. The third-order valence-electron chi connectivity index (χ3n) is 4.50. The van der Waals surface area contributed by atoms with Gasteiger partial charge in [0.05, 0.1) is 5.69 Å². The highest BCUT2D eigenvalue weighted by atomic mass is 32.1. The van der Waals surface area contributed by atoms with E-state index < -0.39 is 0 Å². The third kappa shape index (κ3) is 3.65. The fourth-order valence-corrected chi connectivity index (χ4v) is 4.14. The van der Waals surface area contributed by atoms with E-state index in [4.69, 9.17) is 0 Å². The van der Waals surface area contributed by atoms with Gasteiger partial charge in [-0.1, -0.05) is 6.92 Å². The summed E-state index contributed by atoms with van der Waals surface area (Å²) in [6.45, 7) is 6.81. The van der Waals surface area contributed by atoms with Crippen molar-refractivity contribution in [2.24, 2.45) is 0 Å². The Morgan fingerprint density at radius 3 is 2.88 bits per heavy atom. The molecule has 0 bridgehead atoms. The number of nitrogens with zero attached hydrogens (tertiary/aromatic N) is 2. The molecule has 1 aliphatic rings. The Kier molecular flexibility index (Phi) is 5.26. The van der Waals surface area contributed by atoms with Crippen LogP contribution in [0.5, 0.6) is 0 Å². The second-order valence-corrected chi connectivity index (χ2v) is 7.07. The summed E-state index contributed by atoms with van der Waals surface area (Å²) in [6.07, 6.45) is 2.33. The van der Waals surface area contributed by atoms with E-state index in [9.17, 15) is 9.18 Å². The molecular weight excluding hydrogens is 325 g/mol. The maximum absolute atomic E-state index is 13.0. The van der Waals surface area contributed by atoms with Gasteiger partial charge >= 0.3 is 0 Å². The zero-order valence-electron chi connectivity index (χ0n) is 14.0. The zero-order chi connectivity index (χ0) is 17.1. The molecule has 2 heterocycles. The number of carbonyl (C=O) groups excluding carboxylic acids is 1. The summed E-state index contributed by atoms with van der Waals surface area (Å²) in [5, 5.41) is 3.79. The molecule has 1 aliphatic heterocycles. The molecule has 1 fully saturated rings. The maximum Gasteiger partial charge on any atom is 0.263 e. The minimum Gasteiger partial charge on any atom is -0.350 e. The van der Waals surface area contributed by atoms with E-state index >= 15 is 0 Å². The lowest BCUT2D eigenvalue weighted by molar-refractivity contribution is 0.0944. The standard InChI is InChI=1S/C18H22FN3OS/c1-3-22-10-4-5-15(22)11-20-17(23)16-12(2)21-18(24-16)13-6-8-14(19)9-7-13/h6-9,15H,3-5,10-11H2,1-2H3,(H,20,23). The first kappa shape index (κ1) is 17.0. The zero-order valence-corrected chi connectivity index (χ0v) is 14.8. The maximum atomic E-state index is 13.0. The Morgan fingerprint density at radius 1 is 1.42 bits per heavy atom. The molecule has 0 saturated carbocycles. The molecule has 1 N–H and O–H groups in total. The molecule has 0 aliphatic carbocycles. The molecule has 3 rings (SSSR count). The van der Waals surface area contributed by atoms with Crippen molar-refractivity contribution in [3.63, 3.8) is 0 Å². The molecule has 1 saturated heterocycles. The summed E-state index contributed by atoms with van der Waals surface area (Å²) in [4.78, 5) is 20.0. The Bertz CT molecular complexity index is 714. The van der Waals surface area contributed by atoms with Crippen molar-refractivity contribution >= 4 is 17.2 Å². The van der Waals surface area contributed by atoms with Gasteiger partial charge in [-0.05, 0) is 57.1 Å². The van der Waals surface area contributed by atoms with E-state index in [1.807, 2.05) is 6.92 Å². The number of amides is 1. The molecule has 0 spiro atoms. The molecule has 2 aromatic rings. The van der Waals surface area contributed by atoms with Gasteiger partial charge in [-0.15, -0.1) is 11.3 Å². The Balaban J connectivity index is 1.68. The average molecular weight is 347 g/mol. The summed E-state index contributed by atoms with van der Waals surface area (Å²) in [6, 6.07) is 6.62. The van der Waals surface area contributed by atoms with Gasteiger partial charge in [-0.3, -0.25) is 9.69 Å². The van der Waals surface area contributed by atoms with Gasteiger partial charge in [0.25, 0.3) is 5.91 Å². The minimum atomic E-state index is -0.276. The Labute approximate surface area is 145 Å². The molecule has 1 amide bonds. The number of likely N-dealkylation sites (N-methyl/N-ethyl adjacent to an activating group) is 1. The summed E-state index contributed by atoms with van der Waals surface area (Å²) in [7, 11) is 0. The summed E-state index contributed by atoms with van der Waals surface area (Å²) >= 11 is 1.36. The molecular formula is C18H22FN3OS. The number of hydrogen-bond acceptors (Lipinski definition) is 4. The van der Waals surface area contributed by atoms with Gasteiger partial charge in [-0.25, -0.2) is 9.37 Å². The Morgan fingerprint density at radius 2 is 2.17 bits per heavy atom. The van der Waals surface area contributed by atoms with Crippen LogP contribution in [-0.4, -0.2) is 41.5 Å². The topological polar surface area (TPSA) is 45.2 Å². The number of thiazole rings is 1. The normalized spacial score (nSPS) is 18.0. The number of rotatable bonds is 5. The monoisotopic (exact) mass is 347 g/mol. The lowest BCUT2D eigenvalue weighted by Crippen LogP contribution is -2.39. The lowest BCUT2D eigenvalue weighted by atomic mass is 10.2. The van der Waals surface area contributed by atoms with Crippen molar-refractivity contribution in [3.8, 4) is 10.6 Å². The molecule has 24 heavy (non-hydrogen) atoms. The first-order chi connectivity index (χ1) is 11.6. The Hall–Kier alpha value is -1.79. The van der Waals surface area contributed by atoms with E-state index in [0.29, 0.717) is 17.5 Å². The van der Waals surface area contributed by atoms with E-state index in [1.54, 1.807) is 12.1 Å². The van der Waals surface area contributed by atoms with Crippen LogP contribution < -0.4 is 5.32 Å². The highest BCUT2D eigenvalue weighted by molar-refractivity contribution is 7.17. The van der Waals surface area contributed by atoms with Crippen molar-refractivity contribution in [2.75, 3.05) is 19.6 Å². The lowest BCUT2D eigenvalue weighted by Gasteiger charge is -2.22. The molecule has 6 heteroatoms. The van der Waals surface area contributed by atoms with Crippen LogP contribution in [-0.2, 0) is 0 Å². The van der Waals surface area contributed by atoms with Crippen molar-refractivity contribution in [1.82, 2.24) is 15.2 Å². The highest BCUT2D eigenvalue weighted by Gasteiger charge is 2.24. The second kappa shape index (κ2) is 7.40. The second-order valence-electron chi connectivity index (χ2n) is 6.08. The number of halogens is 1. The first-order valence-corrected chi connectivity index (χ1v) is 9.15. The van der Waals surface area contributed by atoms with Gasteiger partial charge in [0, 0.05) is 18.2 Å². The fourth-order valence-electron chi connectivity index (χ4n) is 3.16. The minimum absolute atomic E-state index is 0.0682. The number of benzene rings is 1. The number of aromatic nitrogens is 1. The molecule has 1 unspecified atom stereocenters. The number of likely N-dealkylation sites (tertiary alicyclic amines) is 1. The molecule has 0 radical (unpaired) electrons. The number of carbonyl (C=O) groups is 1. The van der Waals surface area contributed by atoms with Gasteiger partial charge in [0.1, 0.15) is 15.7 Å². The SMILES string of the molecule is CCN1CCCC1CNC(=O)c1sc(-c2ccc(F)cc2)nc1C. The highest BCUT2D eigenvalue weighted by Crippen LogP contribution is 2.28. The average Bonchev–Trinajstić information content (AvgIpc) is 3.19. The van der Waals surface area contributed by atoms with Crippen LogP contribution in [0, 0.1) is 12.7 Å². The summed E-state index contributed by atoms with van der Waals surface area (Å²) < 4.78 is 13.0. The molecule has 128 valence electrons. The third-order valence-corrected chi connectivity index (χ3v) is 5.70. The van der Waals surface area contributed by atoms with Gasteiger partial charge in [0.2, 0.25) is 0 Å². The quantitative estimate of drug-likeness (QED) is 0.901. The van der Waals surface area contributed by atoms with E-state index in [-0.39, 0.29) is 11.7 Å².